The Bertz CT molecular complexity index is 742. The van der Waals surface area contributed by atoms with Gasteiger partial charge in [-0.05, 0) is 48.6 Å². The van der Waals surface area contributed by atoms with Crippen molar-refractivity contribution in [2.24, 2.45) is 0 Å². The molecule has 0 saturated heterocycles. The lowest BCUT2D eigenvalue weighted by Gasteiger charge is -2.18. The van der Waals surface area contributed by atoms with Crippen LogP contribution in [-0.4, -0.2) is 20.8 Å². The van der Waals surface area contributed by atoms with Gasteiger partial charge >= 0.3 is 0 Å². The maximum Gasteiger partial charge on any atom is 0.233 e. The van der Waals surface area contributed by atoms with Crippen LogP contribution in [0.15, 0.2) is 48.5 Å². The molecule has 2 aromatic carbocycles. The third kappa shape index (κ3) is 3.80. The second-order valence-corrected chi connectivity index (χ2v) is 7.27. The van der Waals surface area contributed by atoms with Crippen LogP contribution in [0.2, 0.25) is 0 Å². The summed E-state index contributed by atoms with van der Waals surface area (Å²) in [6.07, 6.45) is 2.40. The minimum atomic E-state index is -3.35. The monoisotopic (exact) mass is 317 g/mol. The molecular weight excluding hydrogens is 298 g/mol. The van der Waals surface area contributed by atoms with E-state index in [-0.39, 0.29) is 5.75 Å². The molecular formula is C17H19NO3S. The van der Waals surface area contributed by atoms with E-state index in [9.17, 15) is 8.42 Å². The van der Waals surface area contributed by atoms with Crippen molar-refractivity contribution in [3.63, 3.8) is 0 Å². The SMILES string of the molecule is O=S(=O)(CCc1ccccc1)Nc1ccc2c(c1)CCCO2. The standard InChI is InChI=1S/C17H19NO3S/c19-22(20,12-10-14-5-2-1-3-6-14)18-16-8-9-17-15(13-16)7-4-11-21-17/h1-3,5-6,8-9,13,18H,4,7,10-12H2. The molecule has 0 spiro atoms. The molecule has 0 amide bonds. The van der Waals surface area contributed by atoms with Crippen LogP contribution in [-0.2, 0) is 22.9 Å². The summed E-state index contributed by atoms with van der Waals surface area (Å²) in [5.41, 5.74) is 2.69. The molecule has 0 saturated carbocycles. The highest BCUT2D eigenvalue weighted by Gasteiger charge is 2.14. The smallest absolute Gasteiger partial charge is 0.233 e. The van der Waals surface area contributed by atoms with E-state index in [0.29, 0.717) is 12.1 Å². The molecule has 4 nitrogen and oxygen atoms in total. The molecule has 0 fully saturated rings. The molecule has 1 heterocycles. The van der Waals surface area contributed by atoms with Crippen molar-refractivity contribution in [3.8, 4) is 5.75 Å². The van der Waals surface area contributed by atoms with Crippen molar-refractivity contribution >= 4 is 15.7 Å². The van der Waals surface area contributed by atoms with E-state index in [2.05, 4.69) is 4.72 Å². The summed E-state index contributed by atoms with van der Waals surface area (Å²) in [6.45, 7) is 0.731. The van der Waals surface area contributed by atoms with Crippen LogP contribution >= 0.6 is 0 Å². The molecule has 0 unspecified atom stereocenters. The van der Waals surface area contributed by atoms with Gasteiger partial charge in [-0.3, -0.25) is 4.72 Å². The highest BCUT2D eigenvalue weighted by Crippen LogP contribution is 2.27. The Labute approximate surface area is 131 Å². The van der Waals surface area contributed by atoms with E-state index in [1.165, 1.54) is 0 Å². The largest absolute Gasteiger partial charge is 0.493 e. The molecule has 1 N–H and O–H groups in total. The lowest BCUT2D eigenvalue weighted by Crippen LogP contribution is -2.18. The number of fused-ring (bicyclic) bond motifs is 1. The van der Waals surface area contributed by atoms with Gasteiger partial charge in [0.1, 0.15) is 5.75 Å². The summed E-state index contributed by atoms with van der Waals surface area (Å²) < 4.78 is 32.6. The molecule has 1 aliphatic heterocycles. The van der Waals surface area contributed by atoms with Gasteiger partial charge in [-0.1, -0.05) is 30.3 Å². The number of ether oxygens (including phenoxy) is 1. The van der Waals surface area contributed by atoms with E-state index in [1.54, 1.807) is 6.07 Å². The fourth-order valence-corrected chi connectivity index (χ4v) is 3.64. The van der Waals surface area contributed by atoms with E-state index in [0.717, 1.165) is 36.3 Å². The lowest BCUT2D eigenvalue weighted by atomic mass is 10.1. The van der Waals surface area contributed by atoms with Crippen LogP contribution < -0.4 is 9.46 Å². The molecule has 116 valence electrons. The predicted molar refractivity (Wildman–Crippen MR) is 87.8 cm³/mol. The Balaban J connectivity index is 1.66. The van der Waals surface area contributed by atoms with Crippen molar-refractivity contribution in [1.29, 1.82) is 0 Å². The number of aryl methyl sites for hydroxylation is 2. The van der Waals surface area contributed by atoms with Crippen LogP contribution in [0.25, 0.3) is 0 Å². The Morgan fingerprint density at radius 2 is 1.91 bits per heavy atom. The average Bonchev–Trinajstić information content (AvgIpc) is 2.54. The van der Waals surface area contributed by atoms with Crippen molar-refractivity contribution in [2.75, 3.05) is 17.1 Å². The van der Waals surface area contributed by atoms with Crippen molar-refractivity contribution < 1.29 is 13.2 Å². The van der Waals surface area contributed by atoms with Gasteiger partial charge in [0.2, 0.25) is 10.0 Å². The van der Waals surface area contributed by atoms with Crippen molar-refractivity contribution in [3.05, 3.63) is 59.7 Å². The zero-order valence-corrected chi connectivity index (χ0v) is 13.1. The van der Waals surface area contributed by atoms with Gasteiger partial charge in [0.05, 0.1) is 12.4 Å². The van der Waals surface area contributed by atoms with Gasteiger partial charge in [0.25, 0.3) is 0 Å². The molecule has 3 rings (SSSR count). The fraction of sp³-hybridized carbons (Fsp3) is 0.294. The minimum Gasteiger partial charge on any atom is -0.493 e. The number of sulfonamides is 1. The summed E-state index contributed by atoms with van der Waals surface area (Å²) in [7, 11) is -3.35. The Morgan fingerprint density at radius 3 is 2.73 bits per heavy atom. The van der Waals surface area contributed by atoms with E-state index in [4.69, 9.17) is 4.74 Å². The highest BCUT2D eigenvalue weighted by molar-refractivity contribution is 7.92. The van der Waals surface area contributed by atoms with Gasteiger partial charge in [-0.2, -0.15) is 0 Å². The summed E-state index contributed by atoms with van der Waals surface area (Å²) in [6, 6.07) is 15.1. The molecule has 5 heteroatoms. The molecule has 1 aliphatic rings. The van der Waals surface area contributed by atoms with Crippen molar-refractivity contribution in [1.82, 2.24) is 0 Å². The van der Waals surface area contributed by atoms with Crippen LogP contribution in [0.4, 0.5) is 5.69 Å². The number of hydrogen-bond acceptors (Lipinski definition) is 3. The van der Waals surface area contributed by atoms with Gasteiger partial charge in [0, 0.05) is 5.69 Å². The Kier molecular flexibility index (Phi) is 4.34. The van der Waals surface area contributed by atoms with Gasteiger partial charge in [0.15, 0.2) is 0 Å². The van der Waals surface area contributed by atoms with Crippen LogP contribution in [0, 0.1) is 0 Å². The third-order valence-electron chi connectivity index (χ3n) is 3.68. The normalized spacial score (nSPS) is 14.0. The molecule has 0 aliphatic carbocycles. The summed E-state index contributed by atoms with van der Waals surface area (Å²) in [5, 5.41) is 0. The first-order chi connectivity index (χ1) is 10.6. The first-order valence-corrected chi connectivity index (χ1v) is 9.08. The summed E-state index contributed by atoms with van der Waals surface area (Å²) in [4.78, 5) is 0. The van der Waals surface area contributed by atoms with Gasteiger partial charge < -0.3 is 4.74 Å². The van der Waals surface area contributed by atoms with Crippen LogP contribution in [0.5, 0.6) is 5.75 Å². The van der Waals surface area contributed by atoms with E-state index in [1.807, 2.05) is 42.5 Å². The second-order valence-electron chi connectivity index (χ2n) is 5.43. The lowest BCUT2D eigenvalue weighted by molar-refractivity contribution is 0.288. The number of anilines is 1. The molecule has 0 radical (unpaired) electrons. The summed E-state index contributed by atoms with van der Waals surface area (Å²) in [5.74, 6) is 0.934. The maximum atomic E-state index is 12.2. The number of rotatable bonds is 5. The van der Waals surface area contributed by atoms with Crippen LogP contribution in [0.3, 0.4) is 0 Å². The van der Waals surface area contributed by atoms with Gasteiger partial charge in [-0.15, -0.1) is 0 Å². The quantitative estimate of drug-likeness (QED) is 0.922. The fourth-order valence-electron chi connectivity index (χ4n) is 2.55. The zero-order valence-electron chi connectivity index (χ0n) is 12.3. The van der Waals surface area contributed by atoms with E-state index < -0.39 is 10.0 Å². The molecule has 2 aromatic rings. The first kappa shape index (κ1) is 14.9. The molecule has 0 bridgehead atoms. The molecule has 0 aromatic heterocycles. The van der Waals surface area contributed by atoms with Crippen LogP contribution in [0.1, 0.15) is 17.5 Å². The van der Waals surface area contributed by atoms with Crippen molar-refractivity contribution in [2.45, 2.75) is 19.3 Å². The maximum absolute atomic E-state index is 12.2. The number of hydrogen-bond donors (Lipinski definition) is 1. The van der Waals surface area contributed by atoms with Gasteiger partial charge in [-0.25, -0.2) is 8.42 Å². The predicted octanol–water partition coefficient (Wildman–Crippen LogP) is 3.00. The molecule has 0 atom stereocenters. The highest BCUT2D eigenvalue weighted by atomic mass is 32.2. The zero-order chi connectivity index (χ0) is 15.4. The molecule has 22 heavy (non-hydrogen) atoms. The Morgan fingerprint density at radius 1 is 1.09 bits per heavy atom. The number of nitrogens with one attached hydrogen (secondary N) is 1. The average molecular weight is 317 g/mol. The summed E-state index contributed by atoms with van der Waals surface area (Å²) >= 11 is 0. The number of benzene rings is 2. The third-order valence-corrected chi connectivity index (χ3v) is 4.97. The first-order valence-electron chi connectivity index (χ1n) is 7.42. The Hall–Kier alpha value is -2.01. The second kappa shape index (κ2) is 6.40. The van der Waals surface area contributed by atoms with E-state index >= 15 is 0 Å². The topological polar surface area (TPSA) is 55.4 Å². The minimum absolute atomic E-state index is 0.0740.